The zero-order chi connectivity index (χ0) is 52.9. The third-order valence-corrected chi connectivity index (χ3v) is 15.1. The number of hydrogen-bond donors (Lipinski definition) is 9. The first-order chi connectivity index (χ1) is 32.3. The minimum absolute atomic E-state index is 0. The molecule has 0 aliphatic carbocycles. The van der Waals surface area contributed by atoms with Crippen LogP contribution in [0.1, 0.15) is 61.7 Å². The zero-order valence-corrected chi connectivity index (χ0v) is 51.3. The fraction of sp³-hybridized carbons (Fsp3) is 0.500. The van der Waals surface area contributed by atoms with Crippen LogP contribution in [0.25, 0.3) is 0 Å². The van der Waals surface area contributed by atoms with Gasteiger partial charge in [0.1, 0.15) is 19.8 Å². The maximum Gasteiger partial charge on any atom is 0.303 e. The molecule has 6 amide bonds. The second kappa shape index (κ2) is 34.7. The molecule has 0 aromatic heterocycles. The van der Waals surface area contributed by atoms with E-state index < -0.39 is 78.9 Å². The van der Waals surface area contributed by atoms with Crippen LogP contribution >= 0.6 is 136 Å². The van der Waals surface area contributed by atoms with E-state index in [0.717, 1.165) is 0 Å². The maximum atomic E-state index is 13.6. The number of likely N-dealkylation sites (N-methyl/N-ethyl adjacent to an activating group) is 2. The monoisotopic (exact) mass is 1670 g/mol. The summed E-state index contributed by atoms with van der Waals surface area (Å²) in [6.45, 7) is 0.216. The normalized spacial score (nSPS) is 11.8. The Labute approximate surface area is 484 Å². The molecule has 0 aliphatic heterocycles. The molecule has 3 unspecified atom stereocenters. The van der Waals surface area contributed by atoms with E-state index in [9.17, 15) is 48.6 Å². The van der Waals surface area contributed by atoms with Crippen LogP contribution in [0.5, 0.6) is 0 Å². The number of amides is 6. The Hall–Kier alpha value is -1.74. The van der Waals surface area contributed by atoms with Crippen molar-refractivity contribution in [2.24, 2.45) is 0 Å². The Balaban J connectivity index is 0.00000137. The number of aliphatic hydroxyl groups is 5. The minimum atomic E-state index is -1.19. The third kappa shape index (κ3) is 21.2. The average Bonchev–Trinajstić information content (AvgIpc) is 3.27. The second-order valence-corrected chi connectivity index (χ2v) is 20.7. The van der Waals surface area contributed by atoms with Gasteiger partial charge in [-0.25, -0.2) is 0 Å². The molecule has 2 rings (SSSR count). The molecule has 70 heavy (non-hydrogen) atoms. The van der Waals surface area contributed by atoms with Crippen molar-refractivity contribution in [3.8, 4) is 0 Å². The average molecular weight is 1670 g/mol. The van der Waals surface area contributed by atoms with Crippen molar-refractivity contribution in [2.45, 2.75) is 38.6 Å². The lowest BCUT2D eigenvalue weighted by atomic mass is 10.1. The number of rotatable bonds is 24. The molecule has 0 heterocycles. The summed E-state index contributed by atoms with van der Waals surface area (Å²) in [6, 6.07) is 0. The number of halogens is 6. The van der Waals surface area contributed by atoms with Gasteiger partial charge in [-0.05, 0) is 142 Å². The standard InChI is InChI=1S/C22H28I3N3O10.C18H24I3N3O7.H2O/c1-10(30)37-8-13(38-11(2)31)6-28(3)22(35)16-17(23)15(21(34)26-5-12(32)7-29)18(24)20(19(16)25)27-14(33)9-36-4;1-24(6-9(27)7-26)18(30)12-13(19)11(17(29)22-4-3-5-25)14(20)16(15(12)21)23-10(28)8-31-2;/h12-13,29,32H,5-9H2,1-4H3,(H,26,34)(H,27,33);9,25-27H,3-8H2,1-2H3,(H,22,29)(H,23,28);1H2. The highest BCUT2D eigenvalue weighted by atomic mass is 127. The number of nitrogens with zero attached hydrogens (tertiary/aromatic N) is 2. The molecular weight excluding hydrogens is 1610 g/mol. The number of benzene rings is 2. The molecule has 3 atom stereocenters. The fourth-order valence-corrected chi connectivity index (χ4v) is 14.2. The van der Waals surface area contributed by atoms with Crippen LogP contribution < -0.4 is 21.3 Å². The van der Waals surface area contributed by atoms with Crippen LogP contribution in [0, 0.1) is 21.4 Å². The highest BCUT2D eigenvalue weighted by molar-refractivity contribution is 14.1. The molecule has 0 saturated heterocycles. The number of nitrogens with one attached hydrogen (secondary N) is 4. The number of aliphatic hydroxyl groups excluding tert-OH is 5. The van der Waals surface area contributed by atoms with Crippen molar-refractivity contribution in [1.29, 1.82) is 0 Å². The molecule has 2 aromatic rings. The van der Waals surface area contributed by atoms with E-state index in [-0.39, 0.29) is 89.6 Å². The van der Waals surface area contributed by atoms with E-state index in [0.29, 0.717) is 30.0 Å². The van der Waals surface area contributed by atoms with Crippen molar-refractivity contribution >= 4 is 194 Å². The summed E-state index contributed by atoms with van der Waals surface area (Å²) in [5.74, 6) is -4.33. The summed E-state index contributed by atoms with van der Waals surface area (Å²) in [6.07, 6.45) is -2.89. The molecule has 0 radical (unpaired) electrons. The molecule has 0 fully saturated rings. The summed E-state index contributed by atoms with van der Waals surface area (Å²) in [7, 11) is 5.63. The van der Waals surface area contributed by atoms with Gasteiger partial charge in [0, 0.05) is 75.5 Å². The lowest BCUT2D eigenvalue weighted by Crippen LogP contribution is -2.40. The molecular formula is C40H54I6N6O18. The zero-order valence-electron chi connectivity index (χ0n) is 38.3. The second-order valence-electron chi connectivity index (χ2n) is 14.2. The van der Waals surface area contributed by atoms with Crippen molar-refractivity contribution in [1.82, 2.24) is 20.4 Å². The van der Waals surface area contributed by atoms with Crippen LogP contribution in [0.2, 0.25) is 0 Å². The third-order valence-electron chi connectivity index (χ3n) is 8.60. The summed E-state index contributed by atoms with van der Waals surface area (Å²) < 4.78 is 22.0. The van der Waals surface area contributed by atoms with E-state index in [2.05, 4.69) is 21.3 Å². The van der Waals surface area contributed by atoms with Gasteiger partial charge in [-0.1, -0.05) is 0 Å². The molecule has 394 valence electrons. The molecule has 2 aromatic carbocycles. The summed E-state index contributed by atoms with van der Waals surface area (Å²) in [4.78, 5) is 102. The predicted molar refractivity (Wildman–Crippen MR) is 302 cm³/mol. The van der Waals surface area contributed by atoms with Crippen molar-refractivity contribution < 1.29 is 88.3 Å². The van der Waals surface area contributed by atoms with Crippen molar-refractivity contribution in [3.63, 3.8) is 0 Å². The van der Waals surface area contributed by atoms with Gasteiger partial charge in [0.25, 0.3) is 23.6 Å². The summed E-state index contributed by atoms with van der Waals surface area (Å²) in [5.41, 5.74) is 1.06. The number of anilines is 2. The Morgan fingerprint density at radius 2 is 1.01 bits per heavy atom. The first-order valence-electron chi connectivity index (χ1n) is 19.9. The predicted octanol–water partition coefficient (Wildman–Crippen LogP) is 0.533. The molecule has 0 aliphatic rings. The number of hydrogen-bond acceptors (Lipinski definition) is 17. The number of methoxy groups -OCH3 is 2. The van der Waals surface area contributed by atoms with Crippen LogP contribution in [-0.2, 0) is 38.1 Å². The van der Waals surface area contributed by atoms with Crippen molar-refractivity contribution in [3.05, 3.63) is 43.7 Å². The lowest BCUT2D eigenvalue weighted by molar-refractivity contribution is -0.156. The van der Waals surface area contributed by atoms with Crippen LogP contribution in [0.3, 0.4) is 0 Å². The van der Waals surface area contributed by atoms with Gasteiger partial charge >= 0.3 is 11.9 Å². The van der Waals surface area contributed by atoms with Crippen LogP contribution in [0.4, 0.5) is 11.4 Å². The topological polar surface area (TPSA) is 361 Å². The number of carbonyl (C=O) groups excluding carboxylic acids is 8. The van der Waals surface area contributed by atoms with Gasteiger partial charge in [0.2, 0.25) is 11.8 Å². The lowest BCUT2D eigenvalue weighted by Gasteiger charge is -2.26. The van der Waals surface area contributed by atoms with Crippen LogP contribution in [0.15, 0.2) is 0 Å². The van der Waals surface area contributed by atoms with E-state index in [1.165, 1.54) is 52.0 Å². The Morgan fingerprint density at radius 3 is 1.40 bits per heavy atom. The van der Waals surface area contributed by atoms with Gasteiger partial charge in [-0.2, -0.15) is 0 Å². The highest BCUT2D eigenvalue weighted by Crippen LogP contribution is 2.38. The number of ether oxygens (including phenoxy) is 4. The largest absolute Gasteiger partial charge is 0.462 e. The van der Waals surface area contributed by atoms with E-state index >= 15 is 0 Å². The van der Waals surface area contributed by atoms with Gasteiger partial charge in [0.15, 0.2) is 6.10 Å². The molecule has 0 bridgehead atoms. The van der Waals surface area contributed by atoms with Gasteiger partial charge in [0.05, 0.1) is 79.9 Å². The van der Waals surface area contributed by atoms with Gasteiger partial charge in [-0.15, -0.1) is 0 Å². The van der Waals surface area contributed by atoms with Crippen LogP contribution in [-0.4, -0.2) is 201 Å². The maximum absolute atomic E-state index is 13.6. The van der Waals surface area contributed by atoms with E-state index in [4.69, 9.17) is 34.3 Å². The quantitative estimate of drug-likeness (QED) is 0.0393. The summed E-state index contributed by atoms with van der Waals surface area (Å²) >= 11 is 11.4. The van der Waals surface area contributed by atoms with E-state index in [1.54, 1.807) is 0 Å². The Kier molecular flexibility index (Phi) is 33.8. The summed E-state index contributed by atoms with van der Waals surface area (Å²) in [5, 5.41) is 57.0. The van der Waals surface area contributed by atoms with Crippen molar-refractivity contribution in [2.75, 3.05) is 105 Å². The SMILES string of the molecule is COCC(=O)Nc1c(I)c(C(=O)NCC(O)CO)c(I)c(C(=O)N(C)CC(COC(C)=O)OC(C)=O)c1I.COCC(=O)Nc1c(I)c(C(=O)NCCCO)c(I)c(C(=O)N(C)CC(O)CO)c1I.O. The Morgan fingerprint density at radius 1 is 0.600 bits per heavy atom. The number of esters is 2. The first kappa shape index (κ1) is 68.3. The fourth-order valence-electron chi connectivity index (χ4n) is 5.46. The Bertz CT molecular complexity index is 2190. The highest BCUT2D eigenvalue weighted by Gasteiger charge is 2.33. The molecule has 0 saturated carbocycles. The molecule has 11 N–H and O–H groups in total. The minimum Gasteiger partial charge on any atom is -0.462 e. The van der Waals surface area contributed by atoms with E-state index in [1.807, 2.05) is 136 Å². The molecule has 24 nitrogen and oxygen atoms in total. The molecule has 0 spiro atoms. The smallest absolute Gasteiger partial charge is 0.303 e. The molecule has 30 heteroatoms. The van der Waals surface area contributed by atoms with Gasteiger partial charge in [-0.3, -0.25) is 38.4 Å². The first-order valence-corrected chi connectivity index (χ1v) is 26.4. The number of carbonyl (C=O) groups is 8. The van der Waals surface area contributed by atoms with Gasteiger partial charge < -0.3 is 81.0 Å².